The second-order valence-corrected chi connectivity index (χ2v) is 8.74. The van der Waals surface area contributed by atoms with Crippen molar-refractivity contribution in [2.75, 3.05) is 28.3 Å². The van der Waals surface area contributed by atoms with Crippen molar-refractivity contribution in [2.24, 2.45) is 0 Å². The maximum atomic E-state index is 12.4. The summed E-state index contributed by atoms with van der Waals surface area (Å²) < 4.78 is 36.5. The average molecular weight is 454 g/mol. The smallest absolute Gasteiger partial charge is 0.242 e. The summed E-state index contributed by atoms with van der Waals surface area (Å²) in [6, 6.07) is 9.33. The molecule has 0 unspecified atom stereocenters. The number of allylic oxidation sites excluding steroid dienone is 1. The number of carbonyl (C=O) groups is 1. The van der Waals surface area contributed by atoms with E-state index in [1.165, 1.54) is 51.5 Å². The molecule has 0 spiro atoms. The van der Waals surface area contributed by atoms with Crippen molar-refractivity contribution in [3.8, 4) is 11.5 Å². The van der Waals surface area contributed by atoms with Crippen molar-refractivity contribution >= 4 is 37.8 Å². The highest BCUT2D eigenvalue weighted by atomic mass is 79.9. The van der Waals surface area contributed by atoms with Gasteiger partial charge in [-0.1, -0.05) is 15.9 Å². The summed E-state index contributed by atoms with van der Waals surface area (Å²) in [6.45, 7) is 0. The van der Waals surface area contributed by atoms with Crippen LogP contribution in [0.3, 0.4) is 0 Å². The lowest BCUT2D eigenvalue weighted by molar-refractivity contribution is 0.104. The maximum absolute atomic E-state index is 12.4. The lowest BCUT2D eigenvalue weighted by Crippen LogP contribution is -2.22. The van der Waals surface area contributed by atoms with Crippen molar-refractivity contribution in [3.05, 3.63) is 58.1 Å². The Morgan fingerprint density at radius 1 is 1.04 bits per heavy atom. The fraction of sp³-hybridized carbons (Fsp3) is 0.211. The molecule has 0 aromatic heterocycles. The number of nitrogens with zero attached hydrogens (tertiary/aromatic N) is 1. The van der Waals surface area contributed by atoms with E-state index in [0.29, 0.717) is 17.1 Å². The summed E-state index contributed by atoms with van der Waals surface area (Å²) in [5, 5.41) is 0. The van der Waals surface area contributed by atoms with E-state index in [9.17, 15) is 13.2 Å². The van der Waals surface area contributed by atoms with Crippen molar-refractivity contribution in [1.29, 1.82) is 0 Å². The third-order valence-electron chi connectivity index (χ3n) is 3.83. The van der Waals surface area contributed by atoms with Crippen LogP contribution in [-0.2, 0) is 10.0 Å². The summed E-state index contributed by atoms with van der Waals surface area (Å²) in [5.41, 5.74) is 1.13. The van der Waals surface area contributed by atoms with Gasteiger partial charge >= 0.3 is 0 Å². The van der Waals surface area contributed by atoms with E-state index in [4.69, 9.17) is 9.47 Å². The molecule has 0 saturated carbocycles. The Morgan fingerprint density at radius 3 is 2.11 bits per heavy atom. The van der Waals surface area contributed by atoms with Gasteiger partial charge in [-0.2, -0.15) is 0 Å². The largest absolute Gasteiger partial charge is 0.493 e. The van der Waals surface area contributed by atoms with Crippen LogP contribution in [0.4, 0.5) is 0 Å². The number of halogens is 1. The zero-order chi connectivity index (χ0) is 20.2. The van der Waals surface area contributed by atoms with E-state index in [0.717, 1.165) is 14.3 Å². The molecule has 2 rings (SSSR count). The van der Waals surface area contributed by atoms with Gasteiger partial charge in [0.05, 0.1) is 19.1 Å². The Bertz CT molecular complexity index is 966. The molecule has 27 heavy (non-hydrogen) atoms. The molecule has 0 saturated heterocycles. The third kappa shape index (κ3) is 4.77. The average Bonchev–Trinajstić information content (AvgIpc) is 2.66. The van der Waals surface area contributed by atoms with E-state index < -0.39 is 10.0 Å². The second kappa shape index (κ2) is 8.69. The second-order valence-electron chi connectivity index (χ2n) is 5.74. The molecule has 0 radical (unpaired) electrons. The summed E-state index contributed by atoms with van der Waals surface area (Å²) in [4.78, 5) is 12.5. The minimum absolute atomic E-state index is 0.135. The van der Waals surface area contributed by atoms with Crippen LogP contribution in [0, 0.1) is 0 Å². The van der Waals surface area contributed by atoms with E-state index >= 15 is 0 Å². The number of ether oxygens (including phenoxy) is 2. The van der Waals surface area contributed by atoms with Crippen molar-refractivity contribution in [1.82, 2.24) is 4.31 Å². The minimum Gasteiger partial charge on any atom is -0.493 e. The van der Waals surface area contributed by atoms with Crippen molar-refractivity contribution in [3.63, 3.8) is 0 Å². The van der Waals surface area contributed by atoms with E-state index in [2.05, 4.69) is 15.9 Å². The topological polar surface area (TPSA) is 72.9 Å². The van der Waals surface area contributed by atoms with Crippen LogP contribution in [0.5, 0.6) is 11.5 Å². The first kappa shape index (κ1) is 21.1. The highest BCUT2D eigenvalue weighted by molar-refractivity contribution is 9.10. The van der Waals surface area contributed by atoms with Gasteiger partial charge in [0, 0.05) is 24.1 Å². The quantitative estimate of drug-likeness (QED) is 0.472. The van der Waals surface area contributed by atoms with Gasteiger partial charge in [0.1, 0.15) is 0 Å². The normalized spacial score (nSPS) is 11.8. The molecule has 0 aliphatic rings. The molecule has 0 fully saturated rings. The standard InChI is InChI=1S/C19H20BrNO5S/c1-21(2)27(23,24)15-8-5-13(6-9-15)17(22)10-7-14-11-18(25-3)19(26-4)12-16(14)20/h5-12H,1-4H3. The lowest BCUT2D eigenvalue weighted by atomic mass is 10.1. The molecule has 0 atom stereocenters. The molecule has 0 aliphatic carbocycles. The number of ketones is 1. The number of benzene rings is 2. The van der Waals surface area contributed by atoms with Crippen LogP contribution >= 0.6 is 15.9 Å². The molecule has 2 aromatic rings. The number of hydrogen-bond acceptors (Lipinski definition) is 5. The summed E-state index contributed by atoms with van der Waals surface area (Å²) in [6.07, 6.45) is 3.07. The Labute approximate surface area is 167 Å². The first-order valence-corrected chi connectivity index (χ1v) is 10.1. The van der Waals surface area contributed by atoms with Gasteiger partial charge in [0.15, 0.2) is 17.3 Å². The van der Waals surface area contributed by atoms with Crippen LogP contribution in [-0.4, -0.2) is 46.8 Å². The van der Waals surface area contributed by atoms with Crippen LogP contribution in [0.25, 0.3) is 6.08 Å². The van der Waals surface area contributed by atoms with Gasteiger partial charge in [-0.15, -0.1) is 0 Å². The predicted octanol–water partition coefficient (Wildman–Crippen LogP) is 3.61. The molecule has 8 heteroatoms. The molecule has 0 N–H and O–H groups in total. The Balaban J connectivity index is 2.25. The third-order valence-corrected chi connectivity index (χ3v) is 6.35. The molecule has 2 aromatic carbocycles. The van der Waals surface area contributed by atoms with Gasteiger partial charge < -0.3 is 9.47 Å². The fourth-order valence-corrected chi connectivity index (χ4v) is 3.62. The molecular weight excluding hydrogens is 434 g/mol. The minimum atomic E-state index is -3.52. The first-order valence-electron chi connectivity index (χ1n) is 7.87. The Morgan fingerprint density at radius 2 is 1.59 bits per heavy atom. The summed E-state index contributed by atoms with van der Waals surface area (Å²) >= 11 is 3.43. The number of carbonyl (C=O) groups excluding carboxylic acids is 1. The fourth-order valence-electron chi connectivity index (χ4n) is 2.26. The van der Waals surface area contributed by atoms with Crippen molar-refractivity contribution in [2.45, 2.75) is 4.90 Å². The Kier molecular flexibility index (Phi) is 6.80. The highest BCUT2D eigenvalue weighted by Gasteiger charge is 2.17. The number of methoxy groups -OCH3 is 2. The van der Waals surface area contributed by atoms with Crippen LogP contribution in [0.1, 0.15) is 15.9 Å². The van der Waals surface area contributed by atoms with Gasteiger partial charge in [-0.3, -0.25) is 4.79 Å². The van der Waals surface area contributed by atoms with E-state index in [1.54, 1.807) is 25.3 Å². The highest BCUT2D eigenvalue weighted by Crippen LogP contribution is 2.33. The lowest BCUT2D eigenvalue weighted by Gasteiger charge is -2.11. The molecule has 144 valence electrons. The summed E-state index contributed by atoms with van der Waals surface area (Å²) in [7, 11) is 2.47. The van der Waals surface area contributed by atoms with Gasteiger partial charge in [0.25, 0.3) is 0 Å². The zero-order valence-electron chi connectivity index (χ0n) is 15.4. The number of rotatable bonds is 7. The van der Waals surface area contributed by atoms with Crippen LogP contribution < -0.4 is 9.47 Å². The Hall–Kier alpha value is -2.16. The predicted molar refractivity (Wildman–Crippen MR) is 108 cm³/mol. The molecule has 6 nitrogen and oxygen atoms in total. The molecular formula is C19H20BrNO5S. The van der Waals surface area contributed by atoms with Gasteiger partial charge in [0.2, 0.25) is 10.0 Å². The number of sulfonamides is 1. The van der Waals surface area contributed by atoms with E-state index in [-0.39, 0.29) is 10.7 Å². The molecule has 0 aliphatic heterocycles. The summed E-state index contributed by atoms with van der Waals surface area (Å²) in [5.74, 6) is 0.877. The molecule has 0 heterocycles. The van der Waals surface area contributed by atoms with Gasteiger partial charge in [-0.25, -0.2) is 12.7 Å². The number of hydrogen-bond donors (Lipinski definition) is 0. The van der Waals surface area contributed by atoms with Crippen LogP contribution in [0.2, 0.25) is 0 Å². The SMILES string of the molecule is COc1cc(Br)c(C=CC(=O)c2ccc(S(=O)(=O)N(C)C)cc2)cc1OC. The van der Waals surface area contributed by atoms with Gasteiger partial charge in [-0.05, 0) is 54.1 Å². The zero-order valence-corrected chi connectivity index (χ0v) is 17.8. The van der Waals surface area contributed by atoms with Crippen LogP contribution in [0.15, 0.2) is 51.8 Å². The van der Waals surface area contributed by atoms with E-state index in [1.807, 2.05) is 0 Å². The van der Waals surface area contributed by atoms with Crippen molar-refractivity contribution < 1.29 is 22.7 Å². The maximum Gasteiger partial charge on any atom is 0.242 e. The molecule has 0 amide bonds. The monoisotopic (exact) mass is 453 g/mol. The molecule has 0 bridgehead atoms. The first-order chi connectivity index (χ1) is 12.7.